The van der Waals surface area contributed by atoms with E-state index in [-0.39, 0.29) is 24.5 Å². The maximum Gasteiger partial charge on any atom is 0.254 e. The molecule has 2 aromatic carbocycles. The van der Waals surface area contributed by atoms with Gasteiger partial charge in [0.25, 0.3) is 5.91 Å². The van der Waals surface area contributed by atoms with E-state index in [1.807, 2.05) is 32.0 Å². The predicted octanol–water partition coefficient (Wildman–Crippen LogP) is 6.33. The third kappa shape index (κ3) is 4.85. The van der Waals surface area contributed by atoms with Gasteiger partial charge in [-0.3, -0.25) is 4.79 Å². The smallest absolute Gasteiger partial charge is 0.254 e. The van der Waals surface area contributed by atoms with Crippen LogP contribution in [-0.4, -0.2) is 21.6 Å². The summed E-state index contributed by atoms with van der Waals surface area (Å²) in [5, 5.41) is 3.67. The van der Waals surface area contributed by atoms with Gasteiger partial charge in [-0.15, -0.1) is 0 Å². The van der Waals surface area contributed by atoms with Crippen molar-refractivity contribution in [2.75, 3.05) is 0 Å². The first-order valence-corrected chi connectivity index (χ1v) is 12.3. The Bertz CT molecular complexity index is 1370. The number of oxazole rings is 1. The van der Waals surface area contributed by atoms with E-state index in [9.17, 15) is 13.6 Å². The highest BCUT2D eigenvalue weighted by molar-refractivity contribution is 6.09. The molecule has 6 nitrogen and oxygen atoms in total. The number of hydrogen-bond donors (Lipinski definition) is 1. The molecule has 2 heterocycles. The van der Waals surface area contributed by atoms with Crippen molar-refractivity contribution < 1.29 is 22.7 Å². The van der Waals surface area contributed by atoms with Gasteiger partial charge in [-0.2, -0.15) is 0 Å². The average molecular weight is 494 g/mol. The van der Waals surface area contributed by atoms with Crippen LogP contribution in [0.25, 0.3) is 10.9 Å². The van der Waals surface area contributed by atoms with Crippen LogP contribution in [0.5, 0.6) is 5.75 Å². The lowest BCUT2D eigenvalue weighted by atomic mass is 10.0. The molecule has 0 spiro atoms. The number of rotatable bonds is 8. The second-order valence-electron chi connectivity index (χ2n) is 9.56. The number of fused-ring (bicyclic) bond motifs is 1. The molecule has 1 amide bonds. The van der Waals surface area contributed by atoms with Crippen LogP contribution in [0.3, 0.4) is 0 Å². The van der Waals surface area contributed by atoms with Crippen LogP contribution in [0.1, 0.15) is 73.0 Å². The molecule has 0 radical (unpaired) electrons. The number of amides is 1. The molecular weight excluding hydrogens is 464 g/mol. The van der Waals surface area contributed by atoms with Crippen LogP contribution < -0.4 is 10.1 Å². The molecule has 36 heavy (non-hydrogen) atoms. The number of carbonyl (C=O) groups excluding carboxylic acids is 1. The third-order valence-corrected chi connectivity index (χ3v) is 6.67. The fraction of sp³-hybridized carbons (Fsp3) is 0.357. The first-order valence-electron chi connectivity index (χ1n) is 12.3. The highest BCUT2D eigenvalue weighted by atomic mass is 19.2. The Hall–Kier alpha value is -3.68. The molecule has 1 fully saturated rings. The zero-order valence-corrected chi connectivity index (χ0v) is 20.4. The Morgan fingerprint density at radius 2 is 1.97 bits per heavy atom. The SMILES string of the molecule is CC(C)c1c(C(=O)NCc2ccc(F)c(F)c2)c2ccc(OC3CCCC3)cc2n1Cc1ncco1. The van der Waals surface area contributed by atoms with Gasteiger partial charge in [0, 0.05) is 23.7 Å². The Balaban J connectivity index is 1.54. The Labute approximate surface area is 208 Å². The number of benzene rings is 2. The van der Waals surface area contributed by atoms with Gasteiger partial charge < -0.3 is 19.0 Å². The minimum atomic E-state index is -0.943. The van der Waals surface area contributed by atoms with Crippen molar-refractivity contribution in [2.24, 2.45) is 0 Å². The number of halogens is 2. The molecule has 1 aliphatic carbocycles. The van der Waals surface area contributed by atoms with Crippen molar-refractivity contribution >= 4 is 16.8 Å². The van der Waals surface area contributed by atoms with Crippen LogP contribution in [0, 0.1) is 11.6 Å². The summed E-state index contributed by atoms with van der Waals surface area (Å²) in [6, 6.07) is 9.42. The van der Waals surface area contributed by atoms with E-state index in [4.69, 9.17) is 9.15 Å². The van der Waals surface area contributed by atoms with Gasteiger partial charge in [-0.05, 0) is 61.4 Å². The molecule has 1 N–H and O–H groups in total. The van der Waals surface area contributed by atoms with Crippen molar-refractivity contribution in [3.8, 4) is 5.75 Å². The standard InChI is InChI=1S/C28H29F2N3O3/c1-17(2)27-26(28(34)32-15-18-7-10-22(29)23(30)13-18)21-9-8-20(36-19-5-3-4-6-19)14-24(21)33(27)16-25-31-11-12-35-25/h7-14,17,19H,3-6,15-16H2,1-2H3,(H,32,34). The zero-order chi connectivity index (χ0) is 25.2. The second kappa shape index (κ2) is 10.1. The summed E-state index contributed by atoms with van der Waals surface area (Å²) in [5.41, 5.74) is 2.71. The molecule has 0 saturated heterocycles. The molecule has 2 aromatic heterocycles. The summed E-state index contributed by atoms with van der Waals surface area (Å²) >= 11 is 0. The summed E-state index contributed by atoms with van der Waals surface area (Å²) in [4.78, 5) is 17.8. The van der Waals surface area contributed by atoms with E-state index in [0.717, 1.165) is 47.3 Å². The molecule has 0 aliphatic heterocycles. The molecular formula is C28H29F2N3O3. The number of nitrogens with one attached hydrogen (secondary N) is 1. The summed E-state index contributed by atoms with van der Waals surface area (Å²) < 4.78 is 40.8. The van der Waals surface area contributed by atoms with E-state index in [0.29, 0.717) is 23.6 Å². The van der Waals surface area contributed by atoms with Gasteiger partial charge in [0.2, 0.25) is 5.89 Å². The van der Waals surface area contributed by atoms with Gasteiger partial charge in [-0.25, -0.2) is 13.8 Å². The minimum absolute atomic E-state index is 0.00979. The molecule has 1 saturated carbocycles. The van der Waals surface area contributed by atoms with Crippen LogP contribution >= 0.6 is 0 Å². The first kappa shape index (κ1) is 24.0. The van der Waals surface area contributed by atoms with E-state index < -0.39 is 11.6 Å². The molecule has 4 aromatic rings. The highest BCUT2D eigenvalue weighted by Crippen LogP contribution is 2.35. The van der Waals surface area contributed by atoms with Gasteiger partial charge in [0.15, 0.2) is 11.6 Å². The molecule has 0 atom stereocenters. The van der Waals surface area contributed by atoms with Crippen molar-refractivity contribution in [1.82, 2.24) is 14.9 Å². The number of hydrogen-bond acceptors (Lipinski definition) is 4. The van der Waals surface area contributed by atoms with E-state index in [2.05, 4.69) is 14.9 Å². The molecule has 0 unspecified atom stereocenters. The second-order valence-corrected chi connectivity index (χ2v) is 9.56. The number of nitrogens with zero attached hydrogens (tertiary/aromatic N) is 2. The van der Waals surface area contributed by atoms with Crippen LogP contribution in [-0.2, 0) is 13.1 Å². The van der Waals surface area contributed by atoms with Crippen LogP contribution in [0.15, 0.2) is 53.3 Å². The predicted molar refractivity (Wildman–Crippen MR) is 132 cm³/mol. The van der Waals surface area contributed by atoms with Crippen molar-refractivity contribution in [3.63, 3.8) is 0 Å². The van der Waals surface area contributed by atoms with Crippen LogP contribution in [0.4, 0.5) is 8.78 Å². The van der Waals surface area contributed by atoms with Crippen molar-refractivity contribution in [2.45, 2.75) is 64.6 Å². The lowest BCUT2D eigenvalue weighted by Gasteiger charge is -2.15. The van der Waals surface area contributed by atoms with Gasteiger partial charge in [-0.1, -0.05) is 19.9 Å². The molecule has 5 rings (SSSR count). The Morgan fingerprint density at radius 1 is 1.17 bits per heavy atom. The molecule has 188 valence electrons. The monoisotopic (exact) mass is 493 g/mol. The van der Waals surface area contributed by atoms with Crippen molar-refractivity contribution in [3.05, 3.63) is 83.2 Å². The molecule has 0 bridgehead atoms. The third-order valence-electron chi connectivity index (χ3n) is 6.67. The number of ether oxygens (including phenoxy) is 1. The fourth-order valence-electron chi connectivity index (χ4n) is 5.02. The zero-order valence-electron chi connectivity index (χ0n) is 20.4. The Kier molecular flexibility index (Phi) is 6.76. The lowest BCUT2D eigenvalue weighted by Crippen LogP contribution is -2.24. The van der Waals surface area contributed by atoms with Gasteiger partial charge in [0.1, 0.15) is 12.0 Å². The Morgan fingerprint density at radius 3 is 2.67 bits per heavy atom. The van der Waals surface area contributed by atoms with E-state index in [1.54, 1.807) is 6.20 Å². The van der Waals surface area contributed by atoms with E-state index in [1.165, 1.54) is 25.2 Å². The summed E-state index contributed by atoms with van der Waals surface area (Å²) in [7, 11) is 0. The number of carbonyl (C=O) groups is 1. The lowest BCUT2D eigenvalue weighted by molar-refractivity contribution is 0.0950. The van der Waals surface area contributed by atoms with Crippen molar-refractivity contribution in [1.29, 1.82) is 0 Å². The number of aromatic nitrogens is 2. The average Bonchev–Trinajstić information content (AvgIpc) is 3.61. The summed E-state index contributed by atoms with van der Waals surface area (Å²) in [6.07, 6.45) is 7.77. The highest BCUT2D eigenvalue weighted by Gasteiger charge is 2.26. The quantitative estimate of drug-likeness (QED) is 0.311. The molecule has 8 heteroatoms. The molecule has 1 aliphatic rings. The fourth-order valence-corrected chi connectivity index (χ4v) is 5.02. The normalized spacial score (nSPS) is 14.1. The summed E-state index contributed by atoms with van der Waals surface area (Å²) in [5.74, 6) is -0.840. The first-order chi connectivity index (χ1) is 17.4. The minimum Gasteiger partial charge on any atom is -0.490 e. The maximum absolute atomic E-state index is 13.7. The topological polar surface area (TPSA) is 69.3 Å². The maximum atomic E-state index is 13.7. The van der Waals surface area contributed by atoms with Gasteiger partial charge >= 0.3 is 0 Å². The van der Waals surface area contributed by atoms with E-state index >= 15 is 0 Å². The van der Waals surface area contributed by atoms with Crippen LogP contribution in [0.2, 0.25) is 0 Å². The van der Waals surface area contributed by atoms with Gasteiger partial charge in [0.05, 0.1) is 29.9 Å². The summed E-state index contributed by atoms with van der Waals surface area (Å²) in [6.45, 7) is 4.49. The largest absolute Gasteiger partial charge is 0.490 e.